The average Bonchev–Trinajstić information content (AvgIpc) is 2.38. The highest BCUT2D eigenvalue weighted by molar-refractivity contribution is 7.89. The molecule has 0 spiro atoms. The maximum atomic E-state index is 11.9. The fourth-order valence-electron chi connectivity index (χ4n) is 1.50. The van der Waals surface area contributed by atoms with E-state index in [1.807, 2.05) is 0 Å². The van der Waals surface area contributed by atoms with Crippen molar-refractivity contribution >= 4 is 33.2 Å². The maximum absolute atomic E-state index is 11.9. The zero-order valence-electron chi connectivity index (χ0n) is 10.1. The minimum Gasteiger partial charge on any atom is -0.322 e. The first-order chi connectivity index (χ1) is 9.36. The van der Waals surface area contributed by atoms with Crippen LogP contribution < -0.4 is 10.5 Å². The van der Waals surface area contributed by atoms with Crippen LogP contribution in [0.4, 0.5) is 5.69 Å². The molecular weight excluding hydrogens is 302 g/mol. The Morgan fingerprint density at radius 2 is 2.00 bits per heavy atom. The second-order valence-electron chi connectivity index (χ2n) is 3.89. The second kappa shape index (κ2) is 5.58. The van der Waals surface area contributed by atoms with Gasteiger partial charge in [-0.2, -0.15) is 0 Å². The van der Waals surface area contributed by atoms with E-state index in [-0.39, 0.29) is 10.0 Å². The van der Waals surface area contributed by atoms with Crippen LogP contribution in [-0.4, -0.2) is 19.3 Å². The predicted molar refractivity (Wildman–Crippen MR) is 75.0 cm³/mol. The van der Waals surface area contributed by atoms with E-state index < -0.39 is 15.9 Å². The number of sulfonamides is 1. The summed E-state index contributed by atoms with van der Waals surface area (Å²) in [5.41, 5.74) is 0.625. The lowest BCUT2D eigenvalue weighted by molar-refractivity contribution is 0.102. The summed E-state index contributed by atoms with van der Waals surface area (Å²) in [5, 5.41) is 7.76. The van der Waals surface area contributed by atoms with E-state index in [0.29, 0.717) is 11.3 Å². The number of nitrogens with one attached hydrogen (secondary N) is 1. The number of nitrogens with zero attached hydrogens (tertiary/aromatic N) is 1. The van der Waals surface area contributed by atoms with Crippen LogP contribution >= 0.6 is 11.6 Å². The number of nitrogens with two attached hydrogens (primary N) is 1. The minimum atomic E-state index is -3.81. The highest BCUT2D eigenvalue weighted by Crippen LogP contribution is 2.15. The van der Waals surface area contributed by atoms with Crippen molar-refractivity contribution in [2.45, 2.75) is 4.90 Å². The van der Waals surface area contributed by atoms with Crippen LogP contribution in [0.5, 0.6) is 0 Å². The summed E-state index contributed by atoms with van der Waals surface area (Å²) in [6.45, 7) is 0. The molecule has 104 valence electrons. The van der Waals surface area contributed by atoms with E-state index in [1.165, 1.54) is 36.5 Å². The standard InChI is InChI=1S/C12H10ClN3O3S/c13-11-6-8(4-5-15-11)12(17)16-9-2-1-3-10(7-9)20(14,18)19/h1-7H,(H,16,17)(H2,14,18,19). The molecule has 0 aliphatic heterocycles. The van der Waals surface area contributed by atoms with Crippen molar-refractivity contribution in [3.63, 3.8) is 0 Å². The molecule has 0 unspecified atom stereocenters. The van der Waals surface area contributed by atoms with Gasteiger partial charge in [-0.3, -0.25) is 4.79 Å². The zero-order chi connectivity index (χ0) is 14.8. The van der Waals surface area contributed by atoms with Crippen molar-refractivity contribution in [3.05, 3.63) is 53.3 Å². The molecule has 8 heteroatoms. The second-order valence-corrected chi connectivity index (χ2v) is 5.84. The van der Waals surface area contributed by atoms with Crippen LogP contribution in [0.25, 0.3) is 0 Å². The molecule has 0 saturated heterocycles. The van der Waals surface area contributed by atoms with Gasteiger partial charge in [-0.25, -0.2) is 18.5 Å². The van der Waals surface area contributed by atoms with E-state index in [2.05, 4.69) is 10.3 Å². The van der Waals surface area contributed by atoms with Gasteiger partial charge >= 0.3 is 0 Å². The lowest BCUT2D eigenvalue weighted by Crippen LogP contribution is -2.14. The number of primary sulfonamides is 1. The van der Waals surface area contributed by atoms with E-state index in [0.717, 1.165) is 0 Å². The Hall–Kier alpha value is -1.96. The lowest BCUT2D eigenvalue weighted by Gasteiger charge is -2.06. The number of hydrogen-bond acceptors (Lipinski definition) is 4. The number of benzene rings is 1. The first kappa shape index (κ1) is 14.4. The van der Waals surface area contributed by atoms with E-state index in [9.17, 15) is 13.2 Å². The SMILES string of the molecule is NS(=O)(=O)c1cccc(NC(=O)c2ccnc(Cl)c2)c1. The van der Waals surface area contributed by atoms with Gasteiger partial charge in [0.15, 0.2) is 0 Å². The van der Waals surface area contributed by atoms with Crippen LogP contribution in [0.3, 0.4) is 0 Å². The quantitative estimate of drug-likeness (QED) is 0.841. The Labute approximate surface area is 120 Å². The summed E-state index contributed by atoms with van der Waals surface area (Å²) in [6.07, 6.45) is 1.40. The molecule has 0 aliphatic carbocycles. The van der Waals surface area contributed by atoms with Gasteiger partial charge in [0, 0.05) is 17.4 Å². The molecule has 2 rings (SSSR count). The first-order valence-corrected chi connectivity index (χ1v) is 7.34. The molecule has 20 heavy (non-hydrogen) atoms. The van der Waals surface area contributed by atoms with Crippen LogP contribution in [0, 0.1) is 0 Å². The summed E-state index contributed by atoms with van der Waals surface area (Å²) >= 11 is 5.69. The average molecular weight is 312 g/mol. The number of pyridine rings is 1. The molecule has 1 amide bonds. The topological polar surface area (TPSA) is 102 Å². The Morgan fingerprint density at radius 3 is 2.65 bits per heavy atom. The molecule has 0 atom stereocenters. The minimum absolute atomic E-state index is 0.0805. The van der Waals surface area contributed by atoms with E-state index in [1.54, 1.807) is 6.07 Å². The highest BCUT2D eigenvalue weighted by Gasteiger charge is 2.11. The molecule has 0 radical (unpaired) electrons. The molecule has 1 aromatic carbocycles. The molecule has 1 heterocycles. The van der Waals surface area contributed by atoms with Crippen molar-refractivity contribution in [1.29, 1.82) is 0 Å². The molecule has 0 bridgehead atoms. The third-order valence-corrected chi connectivity index (χ3v) is 3.53. The molecule has 0 fully saturated rings. The van der Waals surface area contributed by atoms with Gasteiger partial charge in [0.1, 0.15) is 5.15 Å². The number of anilines is 1. The van der Waals surface area contributed by atoms with Crippen LogP contribution in [-0.2, 0) is 10.0 Å². The summed E-state index contributed by atoms with van der Waals surface area (Å²) in [7, 11) is -3.81. The Bertz CT molecular complexity index is 762. The number of hydrogen-bond donors (Lipinski definition) is 2. The molecule has 0 saturated carbocycles. The van der Waals surface area contributed by atoms with Crippen molar-refractivity contribution in [2.75, 3.05) is 5.32 Å². The summed E-state index contributed by atoms with van der Waals surface area (Å²) in [4.78, 5) is 15.6. The van der Waals surface area contributed by atoms with Crippen LogP contribution in [0.2, 0.25) is 5.15 Å². The molecule has 1 aromatic heterocycles. The molecular formula is C12H10ClN3O3S. The van der Waals surface area contributed by atoms with Gasteiger partial charge in [0.2, 0.25) is 10.0 Å². The monoisotopic (exact) mass is 311 g/mol. The van der Waals surface area contributed by atoms with Gasteiger partial charge in [0.05, 0.1) is 4.90 Å². The van der Waals surface area contributed by atoms with Crippen molar-refractivity contribution in [1.82, 2.24) is 4.98 Å². The third-order valence-electron chi connectivity index (χ3n) is 2.41. The highest BCUT2D eigenvalue weighted by atomic mass is 35.5. The number of aromatic nitrogens is 1. The molecule has 2 aromatic rings. The largest absolute Gasteiger partial charge is 0.322 e. The third kappa shape index (κ3) is 3.53. The fraction of sp³-hybridized carbons (Fsp3) is 0. The fourth-order valence-corrected chi connectivity index (χ4v) is 2.23. The summed E-state index contributed by atoms with van der Waals surface area (Å²) in [5.74, 6) is -0.430. The smallest absolute Gasteiger partial charge is 0.255 e. The number of carbonyl (C=O) groups excluding carboxylic acids is 1. The van der Waals surface area contributed by atoms with Gasteiger partial charge in [-0.05, 0) is 30.3 Å². The lowest BCUT2D eigenvalue weighted by atomic mass is 10.2. The van der Waals surface area contributed by atoms with Crippen molar-refractivity contribution < 1.29 is 13.2 Å². The van der Waals surface area contributed by atoms with Gasteiger partial charge in [0.25, 0.3) is 5.91 Å². The Balaban J connectivity index is 2.25. The molecule has 3 N–H and O–H groups in total. The zero-order valence-corrected chi connectivity index (χ0v) is 11.6. The predicted octanol–water partition coefficient (Wildman–Crippen LogP) is 1.63. The van der Waals surface area contributed by atoms with Crippen LogP contribution in [0.15, 0.2) is 47.5 Å². The maximum Gasteiger partial charge on any atom is 0.255 e. The van der Waals surface area contributed by atoms with Crippen molar-refractivity contribution in [2.24, 2.45) is 5.14 Å². The molecule has 6 nitrogen and oxygen atoms in total. The van der Waals surface area contributed by atoms with E-state index >= 15 is 0 Å². The van der Waals surface area contributed by atoms with Gasteiger partial charge < -0.3 is 5.32 Å². The normalized spacial score (nSPS) is 11.1. The Morgan fingerprint density at radius 1 is 1.25 bits per heavy atom. The number of carbonyl (C=O) groups is 1. The van der Waals surface area contributed by atoms with E-state index in [4.69, 9.17) is 16.7 Å². The van der Waals surface area contributed by atoms with Crippen molar-refractivity contribution in [3.8, 4) is 0 Å². The summed E-state index contributed by atoms with van der Waals surface area (Å²) < 4.78 is 22.4. The number of halogens is 1. The summed E-state index contributed by atoms with van der Waals surface area (Å²) in [6, 6.07) is 8.54. The van der Waals surface area contributed by atoms with Gasteiger partial charge in [-0.15, -0.1) is 0 Å². The Kier molecular flexibility index (Phi) is 4.03. The number of rotatable bonds is 3. The van der Waals surface area contributed by atoms with Crippen LogP contribution in [0.1, 0.15) is 10.4 Å². The van der Waals surface area contributed by atoms with Gasteiger partial charge in [-0.1, -0.05) is 17.7 Å². The molecule has 0 aliphatic rings. The first-order valence-electron chi connectivity index (χ1n) is 5.42. The number of amides is 1.